The van der Waals surface area contributed by atoms with Crippen molar-refractivity contribution in [1.29, 1.82) is 10.5 Å². The zero-order valence-corrected chi connectivity index (χ0v) is 13.4. The summed E-state index contributed by atoms with van der Waals surface area (Å²) in [6.45, 7) is 11.0. The van der Waals surface area contributed by atoms with Crippen molar-refractivity contribution in [3.8, 4) is 12.1 Å². The van der Waals surface area contributed by atoms with Gasteiger partial charge in [0, 0.05) is 5.57 Å². The zero-order chi connectivity index (χ0) is 16.6. The number of nitriles is 2. The predicted molar refractivity (Wildman–Crippen MR) is 78.7 cm³/mol. The molecular formula is C17H20N2O2. The van der Waals surface area contributed by atoms with E-state index in [4.69, 9.17) is 10.5 Å². The molecular weight excluding hydrogens is 264 g/mol. The molecule has 0 saturated carbocycles. The van der Waals surface area contributed by atoms with Crippen LogP contribution in [0.5, 0.6) is 0 Å². The second-order valence-corrected chi connectivity index (χ2v) is 7.35. The number of rotatable bonds is 0. The lowest BCUT2D eigenvalue weighted by molar-refractivity contribution is -0.139. The van der Waals surface area contributed by atoms with Gasteiger partial charge in [-0.15, -0.1) is 0 Å². The van der Waals surface area contributed by atoms with E-state index in [1.807, 2.05) is 53.7 Å². The van der Waals surface area contributed by atoms with Gasteiger partial charge >= 0.3 is 0 Å². The van der Waals surface area contributed by atoms with Crippen LogP contribution in [0.1, 0.15) is 41.5 Å². The first-order valence-corrected chi connectivity index (χ1v) is 6.80. The van der Waals surface area contributed by atoms with Crippen molar-refractivity contribution in [3.63, 3.8) is 0 Å². The van der Waals surface area contributed by atoms with Crippen LogP contribution in [0.15, 0.2) is 22.8 Å². The first-order valence-electron chi connectivity index (χ1n) is 6.80. The Morgan fingerprint density at radius 1 is 1.05 bits per heavy atom. The fourth-order valence-corrected chi connectivity index (χ4v) is 2.50. The maximum Gasteiger partial charge on any atom is 0.225 e. The third kappa shape index (κ3) is 3.11. The Balaban J connectivity index is 3.76. The molecule has 1 aliphatic rings. The standard InChI is InChI=1S/C17H20N2O2/c1-16(2,3)12-7-11(10(8-18)9-19)13(17(4,5)6)15(21)14(12)20/h7,13H,1-6H3. The molecule has 110 valence electrons. The van der Waals surface area contributed by atoms with Gasteiger partial charge in [-0.1, -0.05) is 41.5 Å². The number of Topliss-reactive ketones (excluding diaryl/α,β-unsaturated/α-hetero) is 2. The first kappa shape index (κ1) is 16.9. The van der Waals surface area contributed by atoms with Crippen molar-refractivity contribution < 1.29 is 9.59 Å². The summed E-state index contributed by atoms with van der Waals surface area (Å²) in [7, 11) is 0. The minimum Gasteiger partial charge on any atom is -0.290 e. The normalized spacial score (nSPS) is 19.7. The molecule has 1 aliphatic carbocycles. The first-order chi connectivity index (χ1) is 9.45. The molecule has 0 bridgehead atoms. The van der Waals surface area contributed by atoms with Crippen LogP contribution in [0.4, 0.5) is 0 Å². The van der Waals surface area contributed by atoms with Crippen molar-refractivity contribution in [2.75, 3.05) is 0 Å². The molecule has 21 heavy (non-hydrogen) atoms. The molecule has 0 aromatic heterocycles. The fraction of sp³-hybridized carbons (Fsp3) is 0.529. The SMILES string of the molecule is CC(C)(C)C1=CC(=C(C#N)C#N)C(C(C)(C)C)C(=O)C1=O. The minimum absolute atomic E-state index is 0.0995. The quantitative estimate of drug-likeness (QED) is 0.505. The summed E-state index contributed by atoms with van der Waals surface area (Å²) >= 11 is 0. The lowest BCUT2D eigenvalue weighted by Crippen LogP contribution is -2.41. The van der Waals surface area contributed by atoms with E-state index < -0.39 is 28.3 Å². The van der Waals surface area contributed by atoms with Gasteiger partial charge in [0.05, 0.1) is 5.92 Å². The highest BCUT2D eigenvalue weighted by Gasteiger charge is 2.44. The molecule has 4 heteroatoms. The van der Waals surface area contributed by atoms with Crippen LogP contribution < -0.4 is 0 Å². The van der Waals surface area contributed by atoms with E-state index in [2.05, 4.69) is 0 Å². The molecule has 0 aliphatic heterocycles. The van der Waals surface area contributed by atoms with Crippen molar-refractivity contribution in [2.24, 2.45) is 16.7 Å². The molecule has 0 amide bonds. The summed E-state index contributed by atoms with van der Waals surface area (Å²) < 4.78 is 0. The van der Waals surface area contributed by atoms with E-state index in [1.54, 1.807) is 6.08 Å². The van der Waals surface area contributed by atoms with Crippen LogP contribution in [-0.2, 0) is 9.59 Å². The van der Waals surface area contributed by atoms with Crippen LogP contribution in [0.2, 0.25) is 0 Å². The van der Waals surface area contributed by atoms with Crippen LogP contribution in [-0.4, -0.2) is 11.6 Å². The zero-order valence-electron chi connectivity index (χ0n) is 13.4. The highest BCUT2D eigenvalue weighted by Crippen LogP contribution is 2.42. The predicted octanol–water partition coefficient (Wildman–Crippen LogP) is 3.12. The van der Waals surface area contributed by atoms with E-state index >= 15 is 0 Å². The molecule has 0 radical (unpaired) electrons. The second-order valence-electron chi connectivity index (χ2n) is 7.35. The summed E-state index contributed by atoms with van der Waals surface area (Å²) in [5.74, 6) is -1.81. The Kier molecular flexibility index (Phi) is 4.25. The molecule has 0 fully saturated rings. The maximum atomic E-state index is 12.5. The van der Waals surface area contributed by atoms with Gasteiger partial charge < -0.3 is 0 Å². The Morgan fingerprint density at radius 3 is 1.86 bits per heavy atom. The monoisotopic (exact) mass is 284 g/mol. The van der Waals surface area contributed by atoms with Gasteiger partial charge in [-0.05, 0) is 22.5 Å². The van der Waals surface area contributed by atoms with Gasteiger partial charge in [-0.2, -0.15) is 10.5 Å². The number of ketones is 2. The molecule has 1 unspecified atom stereocenters. The van der Waals surface area contributed by atoms with Gasteiger partial charge in [0.25, 0.3) is 0 Å². The number of hydrogen-bond donors (Lipinski definition) is 0. The molecule has 1 rings (SSSR count). The van der Waals surface area contributed by atoms with Crippen molar-refractivity contribution in [2.45, 2.75) is 41.5 Å². The van der Waals surface area contributed by atoms with Crippen LogP contribution >= 0.6 is 0 Å². The lowest BCUT2D eigenvalue weighted by atomic mass is 9.65. The van der Waals surface area contributed by atoms with Gasteiger partial charge in [0.2, 0.25) is 11.6 Å². The Hall–Kier alpha value is -2.20. The molecule has 0 heterocycles. The molecule has 0 N–H and O–H groups in total. The fourth-order valence-electron chi connectivity index (χ4n) is 2.50. The average molecular weight is 284 g/mol. The van der Waals surface area contributed by atoms with Gasteiger partial charge in [0.15, 0.2) is 0 Å². The number of carbonyl (C=O) groups excluding carboxylic acids is 2. The third-order valence-corrected chi connectivity index (χ3v) is 3.53. The number of allylic oxidation sites excluding steroid dienone is 4. The summed E-state index contributed by atoms with van der Waals surface area (Å²) in [5.41, 5.74) is -0.441. The topological polar surface area (TPSA) is 81.7 Å². The van der Waals surface area contributed by atoms with Crippen molar-refractivity contribution >= 4 is 11.6 Å². The summed E-state index contributed by atoms with van der Waals surface area (Å²) in [6.07, 6.45) is 1.57. The maximum absolute atomic E-state index is 12.5. The molecule has 0 aromatic carbocycles. The van der Waals surface area contributed by atoms with E-state index in [0.717, 1.165) is 0 Å². The molecule has 0 aromatic rings. The number of nitrogens with zero attached hydrogens (tertiary/aromatic N) is 2. The Bertz CT molecular complexity index is 622. The molecule has 0 spiro atoms. The second kappa shape index (κ2) is 5.30. The van der Waals surface area contributed by atoms with E-state index in [9.17, 15) is 9.59 Å². The van der Waals surface area contributed by atoms with Gasteiger partial charge in [-0.25, -0.2) is 0 Å². The smallest absolute Gasteiger partial charge is 0.225 e. The van der Waals surface area contributed by atoms with Crippen molar-refractivity contribution in [3.05, 3.63) is 22.8 Å². The number of hydrogen-bond acceptors (Lipinski definition) is 4. The van der Waals surface area contributed by atoms with Gasteiger partial charge in [-0.3, -0.25) is 9.59 Å². The molecule has 1 atom stereocenters. The number of carbonyl (C=O) groups is 2. The third-order valence-electron chi connectivity index (χ3n) is 3.53. The lowest BCUT2D eigenvalue weighted by Gasteiger charge is -2.35. The van der Waals surface area contributed by atoms with E-state index in [0.29, 0.717) is 11.1 Å². The molecule has 4 nitrogen and oxygen atoms in total. The average Bonchev–Trinajstić information content (AvgIpc) is 2.31. The summed E-state index contributed by atoms with van der Waals surface area (Å²) in [6, 6.07) is 3.68. The Labute approximate surface area is 125 Å². The summed E-state index contributed by atoms with van der Waals surface area (Å²) in [5, 5.41) is 18.3. The van der Waals surface area contributed by atoms with Crippen LogP contribution in [0.3, 0.4) is 0 Å². The Morgan fingerprint density at radius 2 is 1.52 bits per heavy atom. The van der Waals surface area contributed by atoms with Crippen LogP contribution in [0.25, 0.3) is 0 Å². The van der Waals surface area contributed by atoms with Gasteiger partial charge in [0.1, 0.15) is 17.7 Å². The van der Waals surface area contributed by atoms with Crippen LogP contribution in [0, 0.1) is 39.4 Å². The summed E-state index contributed by atoms with van der Waals surface area (Å²) in [4.78, 5) is 24.9. The largest absolute Gasteiger partial charge is 0.290 e. The molecule has 0 saturated heterocycles. The highest BCUT2D eigenvalue weighted by atomic mass is 16.2. The van der Waals surface area contributed by atoms with E-state index in [1.165, 1.54) is 0 Å². The van der Waals surface area contributed by atoms with Crippen molar-refractivity contribution in [1.82, 2.24) is 0 Å². The highest BCUT2D eigenvalue weighted by molar-refractivity contribution is 6.46. The minimum atomic E-state index is -0.759. The van der Waals surface area contributed by atoms with E-state index in [-0.39, 0.29) is 5.57 Å².